The summed E-state index contributed by atoms with van der Waals surface area (Å²) in [5.41, 5.74) is 7.10. The average molecular weight is 351 g/mol. The number of hydroxylamine groups is 1. The maximum Gasteiger partial charge on any atom is 0.263 e. The number of likely N-dealkylation sites (tertiary alicyclic amines) is 1. The molecule has 1 rings (SSSR count). The Hall–Kier alpha value is -1.71. The molecule has 23 heavy (non-hydrogen) atoms. The van der Waals surface area contributed by atoms with Crippen LogP contribution in [-0.4, -0.2) is 52.4 Å². The monoisotopic (exact) mass is 350 g/mol. The van der Waals surface area contributed by atoms with Gasteiger partial charge in [-0.15, -0.1) is 12.4 Å². The number of nitrogens with two attached hydrogens (primary N) is 1. The second-order valence-electron chi connectivity index (χ2n) is 5.69. The predicted octanol–water partition coefficient (Wildman–Crippen LogP) is -1.08. The summed E-state index contributed by atoms with van der Waals surface area (Å²) >= 11 is 0. The highest BCUT2D eigenvalue weighted by atomic mass is 35.5. The zero-order chi connectivity index (χ0) is 16.9. The number of carbonyl (C=O) groups excluding carboxylic acids is 4. The van der Waals surface area contributed by atoms with Gasteiger partial charge in [-0.2, -0.15) is 0 Å². The summed E-state index contributed by atoms with van der Waals surface area (Å²) in [6, 6.07) is -1.63. The van der Waals surface area contributed by atoms with Gasteiger partial charge in [0.2, 0.25) is 11.8 Å². The summed E-state index contributed by atoms with van der Waals surface area (Å²) in [6.45, 7) is 3.26. The van der Waals surface area contributed by atoms with Crippen LogP contribution in [-0.2, 0) is 19.2 Å². The lowest BCUT2D eigenvalue weighted by molar-refractivity contribution is -0.154. The molecule has 1 saturated heterocycles. The van der Waals surface area contributed by atoms with Crippen molar-refractivity contribution >= 4 is 36.0 Å². The van der Waals surface area contributed by atoms with Gasteiger partial charge in [0.15, 0.2) is 0 Å². The Morgan fingerprint density at radius 1 is 1.39 bits per heavy atom. The van der Waals surface area contributed by atoms with E-state index in [0.717, 1.165) is 0 Å². The molecule has 0 unspecified atom stereocenters. The van der Waals surface area contributed by atoms with Crippen molar-refractivity contribution in [3.8, 4) is 0 Å². The molecule has 2 atom stereocenters. The molecule has 1 aliphatic heterocycles. The van der Waals surface area contributed by atoms with Crippen LogP contribution in [0.2, 0.25) is 0 Å². The van der Waals surface area contributed by atoms with Crippen molar-refractivity contribution in [3.05, 3.63) is 0 Å². The number of halogens is 1. The maximum atomic E-state index is 12.2. The van der Waals surface area contributed by atoms with Gasteiger partial charge in [-0.1, -0.05) is 13.8 Å². The van der Waals surface area contributed by atoms with Gasteiger partial charge in [-0.3, -0.25) is 29.3 Å². The zero-order valence-electron chi connectivity index (χ0n) is 13.1. The molecule has 0 saturated carbocycles. The molecule has 0 aromatic carbocycles. The van der Waals surface area contributed by atoms with Crippen LogP contribution >= 0.6 is 12.4 Å². The molecule has 132 valence electrons. The first-order valence-electron chi connectivity index (χ1n) is 7.09. The van der Waals surface area contributed by atoms with E-state index >= 15 is 0 Å². The van der Waals surface area contributed by atoms with Gasteiger partial charge in [0, 0.05) is 6.42 Å². The van der Waals surface area contributed by atoms with E-state index in [1.165, 1.54) is 5.48 Å². The molecule has 0 aromatic rings. The number of nitrogens with zero attached hydrogens (tertiary/aromatic N) is 1. The molecule has 9 nitrogen and oxygen atoms in total. The van der Waals surface area contributed by atoms with E-state index in [-0.39, 0.29) is 31.2 Å². The minimum absolute atomic E-state index is 0. The molecule has 1 aliphatic rings. The minimum Gasteiger partial charge on any atom is -0.343 e. The van der Waals surface area contributed by atoms with Gasteiger partial charge < -0.3 is 11.1 Å². The van der Waals surface area contributed by atoms with E-state index in [4.69, 9.17) is 10.9 Å². The molecule has 1 heterocycles. The second kappa shape index (κ2) is 9.43. The highest BCUT2D eigenvalue weighted by Gasteiger charge is 2.36. The Morgan fingerprint density at radius 2 is 2.00 bits per heavy atom. The lowest BCUT2D eigenvalue weighted by Gasteiger charge is -2.31. The summed E-state index contributed by atoms with van der Waals surface area (Å²) < 4.78 is 0. The summed E-state index contributed by atoms with van der Waals surface area (Å²) in [7, 11) is 0. The number of nitrogens with one attached hydrogen (secondary N) is 2. The number of hydrogen-bond acceptors (Lipinski definition) is 6. The van der Waals surface area contributed by atoms with Crippen LogP contribution < -0.4 is 16.5 Å². The molecule has 0 aromatic heterocycles. The molecular formula is C13H23ClN4O5. The van der Waals surface area contributed by atoms with Crippen molar-refractivity contribution in [1.29, 1.82) is 0 Å². The van der Waals surface area contributed by atoms with E-state index in [0.29, 0.717) is 11.3 Å². The van der Waals surface area contributed by atoms with Gasteiger partial charge in [-0.05, 0) is 18.8 Å². The average Bonchev–Trinajstić information content (AvgIpc) is 2.45. The third-order valence-electron chi connectivity index (χ3n) is 3.32. The van der Waals surface area contributed by atoms with Crippen LogP contribution in [0, 0.1) is 5.92 Å². The fourth-order valence-electron chi connectivity index (χ4n) is 2.21. The number of hydrogen-bond donors (Lipinski definition) is 4. The Kier molecular flexibility index (Phi) is 8.73. The molecule has 5 N–H and O–H groups in total. The van der Waals surface area contributed by atoms with Crippen LogP contribution in [0.1, 0.15) is 33.1 Å². The highest BCUT2D eigenvalue weighted by Crippen LogP contribution is 2.14. The summed E-state index contributed by atoms with van der Waals surface area (Å²) in [4.78, 5) is 47.6. The molecule has 0 spiro atoms. The highest BCUT2D eigenvalue weighted by molar-refractivity contribution is 6.04. The zero-order valence-corrected chi connectivity index (χ0v) is 13.9. The van der Waals surface area contributed by atoms with Crippen molar-refractivity contribution in [2.75, 3.05) is 6.54 Å². The van der Waals surface area contributed by atoms with Crippen molar-refractivity contribution in [3.63, 3.8) is 0 Å². The topological polar surface area (TPSA) is 142 Å². The van der Waals surface area contributed by atoms with Gasteiger partial charge >= 0.3 is 0 Å². The molecule has 0 bridgehead atoms. The van der Waals surface area contributed by atoms with Crippen LogP contribution in [0.4, 0.5) is 0 Å². The van der Waals surface area contributed by atoms with Gasteiger partial charge in [-0.25, -0.2) is 5.48 Å². The molecule has 1 fully saturated rings. The predicted molar refractivity (Wildman–Crippen MR) is 82.5 cm³/mol. The number of piperidine rings is 1. The van der Waals surface area contributed by atoms with E-state index < -0.39 is 42.3 Å². The first-order chi connectivity index (χ1) is 10.3. The van der Waals surface area contributed by atoms with Gasteiger partial charge in [0.25, 0.3) is 11.8 Å². The Morgan fingerprint density at radius 3 is 2.52 bits per heavy atom. The summed E-state index contributed by atoms with van der Waals surface area (Å²) in [6.07, 6.45) is 0.659. The van der Waals surface area contributed by atoms with E-state index in [2.05, 4.69) is 5.32 Å². The molecule has 10 heteroatoms. The number of rotatable bonds is 6. The second-order valence-corrected chi connectivity index (χ2v) is 5.69. The third-order valence-corrected chi connectivity index (χ3v) is 3.32. The Balaban J connectivity index is 0.00000484. The maximum absolute atomic E-state index is 12.2. The van der Waals surface area contributed by atoms with Gasteiger partial charge in [0.1, 0.15) is 12.6 Å². The smallest absolute Gasteiger partial charge is 0.263 e. The molecular weight excluding hydrogens is 328 g/mol. The lowest BCUT2D eigenvalue weighted by Crippen LogP contribution is -2.58. The number of imide groups is 1. The fourth-order valence-corrected chi connectivity index (χ4v) is 2.21. The van der Waals surface area contributed by atoms with Crippen LogP contribution in [0.15, 0.2) is 0 Å². The normalized spacial score (nSPS) is 19.2. The third kappa shape index (κ3) is 6.12. The van der Waals surface area contributed by atoms with E-state index in [1.54, 1.807) is 0 Å². The first-order valence-corrected chi connectivity index (χ1v) is 7.09. The minimum atomic E-state index is -0.894. The number of carbonyl (C=O) groups is 4. The SMILES string of the molecule is CC(C)C[C@H](N)C(=O)N[C@H]1CCC(=O)N(CC(=O)NO)C1=O.Cl. The van der Waals surface area contributed by atoms with Crippen LogP contribution in [0.5, 0.6) is 0 Å². The van der Waals surface area contributed by atoms with Crippen LogP contribution in [0.25, 0.3) is 0 Å². The standard InChI is InChI=1S/C13H22N4O5.ClH/c1-7(2)5-8(14)12(20)15-9-3-4-11(19)17(13(9)21)6-10(18)16-22;/h7-9,22H,3-6,14H2,1-2H3,(H,15,20)(H,16,18);1H/t8-,9-;/m0./s1. The fraction of sp³-hybridized carbons (Fsp3) is 0.692. The van der Waals surface area contributed by atoms with E-state index in [9.17, 15) is 19.2 Å². The molecule has 0 radical (unpaired) electrons. The van der Waals surface area contributed by atoms with Crippen molar-refractivity contribution < 1.29 is 24.4 Å². The van der Waals surface area contributed by atoms with E-state index in [1.807, 2.05) is 13.8 Å². The van der Waals surface area contributed by atoms with Crippen LogP contribution in [0.3, 0.4) is 0 Å². The summed E-state index contributed by atoms with van der Waals surface area (Å²) in [5.74, 6) is -2.32. The Bertz CT molecular complexity index is 471. The summed E-state index contributed by atoms with van der Waals surface area (Å²) in [5, 5.41) is 11.0. The number of amides is 4. The molecule has 0 aliphatic carbocycles. The van der Waals surface area contributed by atoms with Crippen molar-refractivity contribution in [2.45, 2.75) is 45.2 Å². The lowest BCUT2D eigenvalue weighted by atomic mass is 10.0. The van der Waals surface area contributed by atoms with Crippen molar-refractivity contribution in [1.82, 2.24) is 15.7 Å². The molecule has 4 amide bonds. The first kappa shape index (κ1) is 21.3. The van der Waals surface area contributed by atoms with Gasteiger partial charge in [0.05, 0.1) is 6.04 Å². The largest absolute Gasteiger partial charge is 0.343 e. The quantitative estimate of drug-likeness (QED) is 0.273. The Labute approximate surface area is 140 Å². The van der Waals surface area contributed by atoms with Crippen molar-refractivity contribution in [2.24, 2.45) is 11.7 Å².